The predicted octanol–water partition coefficient (Wildman–Crippen LogP) is 4.48. The molecule has 0 aliphatic rings. The van der Waals surface area contributed by atoms with E-state index in [2.05, 4.69) is 15.3 Å². The molecule has 1 atom stereocenters. The first-order chi connectivity index (χ1) is 16.9. The average molecular weight is 476 g/mol. The molecular formula is C27H29N3O5. The van der Waals surface area contributed by atoms with Gasteiger partial charge in [-0.05, 0) is 37.1 Å². The lowest BCUT2D eigenvalue weighted by Gasteiger charge is -2.22. The number of para-hydroxylation sites is 2. The number of hydrogen-bond acceptors (Lipinski definition) is 5. The molecule has 0 spiro atoms. The van der Waals surface area contributed by atoms with Crippen LogP contribution >= 0.6 is 0 Å². The fourth-order valence-electron chi connectivity index (χ4n) is 4.62. The van der Waals surface area contributed by atoms with Crippen LogP contribution in [0.15, 0.2) is 48.7 Å². The summed E-state index contributed by atoms with van der Waals surface area (Å²) in [6, 6.07) is 13.7. The highest BCUT2D eigenvalue weighted by Crippen LogP contribution is 2.40. The zero-order chi connectivity index (χ0) is 25.1. The number of fused-ring (bicyclic) bond motifs is 1. The van der Waals surface area contributed by atoms with Crippen LogP contribution < -0.4 is 14.8 Å². The van der Waals surface area contributed by atoms with Gasteiger partial charge in [0.15, 0.2) is 11.5 Å². The molecule has 8 heteroatoms. The molecule has 2 aromatic carbocycles. The number of carbonyl (C=O) groups is 2. The third-order valence-electron chi connectivity index (χ3n) is 6.33. The summed E-state index contributed by atoms with van der Waals surface area (Å²) in [7, 11) is 4.52. The number of aromatic nitrogens is 2. The third kappa shape index (κ3) is 4.35. The topological polar surface area (TPSA) is 105 Å². The number of aromatic amines is 2. The van der Waals surface area contributed by atoms with Gasteiger partial charge in [-0.1, -0.05) is 30.3 Å². The fourth-order valence-corrected chi connectivity index (χ4v) is 4.62. The zero-order valence-electron chi connectivity index (χ0n) is 20.4. The summed E-state index contributed by atoms with van der Waals surface area (Å²) in [5.41, 5.74) is 4.74. The van der Waals surface area contributed by atoms with Crippen molar-refractivity contribution in [3.63, 3.8) is 0 Å². The number of methoxy groups -OCH3 is 3. The molecule has 0 aliphatic heterocycles. The van der Waals surface area contributed by atoms with Crippen molar-refractivity contribution >= 4 is 22.8 Å². The first-order valence-corrected chi connectivity index (χ1v) is 11.2. The van der Waals surface area contributed by atoms with E-state index in [1.807, 2.05) is 48.7 Å². The summed E-state index contributed by atoms with van der Waals surface area (Å²) >= 11 is 0. The van der Waals surface area contributed by atoms with Gasteiger partial charge in [-0.2, -0.15) is 0 Å². The van der Waals surface area contributed by atoms with Crippen LogP contribution in [-0.2, 0) is 4.74 Å². The molecule has 3 N–H and O–H groups in total. The van der Waals surface area contributed by atoms with Crippen LogP contribution in [-0.4, -0.2) is 49.7 Å². The van der Waals surface area contributed by atoms with Gasteiger partial charge in [0, 0.05) is 40.8 Å². The Morgan fingerprint density at radius 1 is 0.971 bits per heavy atom. The lowest BCUT2D eigenvalue weighted by Crippen LogP contribution is -2.30. The lowest BCUT2D eigenvalue weighted by atomic mass is 9.89. The second-order valence-corrected chi connectivity index (χ2v) is 8.25. The van der Waals surface area contributed by atoms with Crippen LogP contribution in [0.1, 0.15) is 49.1 Å². The lowest BCUT2D eigenvalue weighted by molar-refractivity contribution is 0.0599. The van der Waals surface area contributed by atoms with Gasteiger partial charge in [-0.15, -0.1) is 0 Å². The van der Waals surface area contributed by atoms with E-state index >= 15 is 0 Å². The summed E-state index contributed by atoms with van der Waals surface area (Å²) in [5, 5.41) is 4.10. The Morgan fingerprint density at radius 2 is 1.74 bits per heavy atom. The molecular weight excluding hydrogens is 446 g/mol. The molecule has 2 heterocycles. The summed E-state index contributed by atoms with van der Waals surface area (Å²) in [5.74, 6) is 0.191. The van der Waals surface area contributed by atoms with Gasteiger partial charge in [0.05, 0.1) is 26.9 Å². The number of benzene rings is 2. The van der Waals surface area contributed by atoms with E-state index in [0.717, 1.165) is 22.0 Å². The Kier molecular flexibility index (Phi) is 6.82. The van der Waals surface area contributed by atoms with Crippen molar-refractivity contribution in [1.82, 2.24) is 15.3 Å². The van der Waals surface area contributed by atoms with Gasteiger partial charge >= 0.3 is 5.97 Å². The van der Waals surface area contributed by atoms with E-state index < -0.39 is 5.97 Å². The van der Waals surface area contributed by atoms with E-state index in [9.17, 15) is 9.59 Å². The molecule has 0 aliphatic carbocycles. The first kappa shape index (κ1) is 23.9. The minimum atomic E-state index is -0.479. The second-order valence-electron chi connectivity index (χ2n) is 8.25. The SMILES string of the molecule is COC(=O)c1c(C)[nH]c(C(=O)NCC(c2cccc(OC)c2OC)c2c[nH]c3ccccc23)c1C. The fraction of sp³-hybridized carbons (Fsp3) is 0.259. The molecule has 0 saturated carbocycles. The molecule has 1 amide bonds. The summed E-state index contributed by atoms with van der Waals surface area (Å²) in [6.07, 6.45) is 1.96. The molecule has 0 bridgehead atoms. The quantitative estimate of drug-likeness (QED) is 0.326. The van der Waals surface area contributed by atoms with Gasteiger partial charge in [-0.25, -0.2) is 4.79 Å². The smallest absolute Gasteiger partial charge is 0.339 e. The molecule has 1 unspecified atom stereocenters. The molecule has 4 aromatic rings. The van der Waals surface area contributed by atoms with Crippen LogP contribution in [0, 0.1) is 13.8 Å². The molecule has 35 heavy (non-hydrogen) atoms. The van der Waals surface area contributed by atoms with Crippen LogP contribution in [0.4, 0.5) is 0 Å². The van der Waals surface area contributed by atoms with E-state index in [4.69, 9.17) is 14.2 Å². The number of H-pyrrole nitrogens is 2. The Balaban J connectivity index is 1.73. The van der Waals surface area contributed by atoms with E-state index in [1.54, 1.807) is 28.1 Å². The van der Waals surface area contributed by atoms with Gasteiger partial charge in [0.25, 0.3) is 5.91 Å². The van der Waals surface area contributed by atoms with Crippen molar-refractivity contribution in [1.29, 1.82) is 0 Å². The second kappa shape index (κ2) is 9.97. The van der Waals surface area contributed by atoms with Crippen molar-refractivity contribution in [2.75, 3.05) is 27.9 Å². The molecule has 4 rings (SSSR count). The van der Waals surface area contributed by atoms with Gasteiger partial charge in [0.1, 0.15) is 5.69 Å². The van der Waals surface area contributed by atoms with Crippen LogP contribution in [0.2, 0.25) is 0 Å². The maximum Gasteiger partial charge on any atom is 0.339 e. The van der Waals surface area contributed by atoms with Crippen LogP contribution in [0.3, 0.4) is 0 Å². The molecule has 8 nitrogen and oxygen atoms in total. The van der Waals surface area contributed by atoms with Gasteiger partial charge < -0.3 is 29.5 Å². The number of carbonyl (C=O) groups excluding carboxylic acids is 2. The zero-order valence-corrected chi connectivity index (χ0v) is 20.4. The van der Waals surface area contributed by atoms with Crippen molar-refractivity contribution < 1.29 is 23.8 Å². The summed E-state index contributed by atoms with van der Waals surface area (Å²) in [4.78, 5) is 31.7. The summed E-state index contributed by atoms with van der Waals surface area (Å²) in [6.45, 7) is 3.76. The Morgan fingerprint density at radius 3 is 2.46 bits per heavy atom. The monoisotopic (exact) mass is 475 g/mol. The number of nitrogens with one attached hydrogen (secondary N) is 3. The van der Waals surface area contributed by atoms with Crippen LogP contribution in [0.25, 0.3) is 10.9 Å². The predicted molar refractivity (Wildman–Crippen MR) is 134 cm³/mol. The number of esters is 1. The maximum atomic E-state index is 13.2. The number of hydrogen-bond donors (Lipinski definition) is 3. The van der Waals surface area contributed by atoms with Gasteiger partial charge in [-0.3, -0.25) is 4.79 Å². The van der Waals surface area contributed by atoms with E-state index in [0.29, 0.717) is 34.0 Å². The van der Waals surface area contributed by atoms with E-state index in [1.165, 1.54) is 7.11 Å². The highest BCUT2D eigenvalue weighted by Gasteiger charge is 2.26. The van der Waals surface area contributed by atoms with Crippen molar-refractivity contribution in [2.45, 2.75) is 19.8 Å². The number of ether oxygens (including phenoxy) is 3. The normalized spacial score (nSPS) is 11.8. The third-order valence-corrected chi connectivity index (χ3v) is 6.33. The Labute approximate surface area is 203 Å². The molecule has 0 fully saturated rings. The maximum absolute atomic E-state index is 13.2. The average Bonchev–Trinajstić information content (AvgIpc) is 3.43. The molecule has 2 aromatic heterocycles. The number of aryl methyl sites for hydroxylation is 1. The number of rotatable bonds is 8. The molecule has 182 valence electrons. The van der Waals surface area contributed by atoms with Crippen LogP contribution in [0.5, 0.6) is 11.5 Å². The first-order valence-electron chi connectivity index (χ1n) is 11.2. The Bertz CT molecular complexity index is 1380. The minimum absolute atomic E-state index is 0.239. The van der Waals surface area contributed by atoms with Gasteiger partial charge in [0.2, 0.25) is 0 Å². The standard InChI is InChI=1S/C27H29N3O5/c1-15-23(27(32)35-5)16(2)30-24(15)26(31)29-14-20(18-10-8-12-22(33-3)25(18)34-4)19-13-28-21-11-7-6-9-17(19)21/h6-13,20,28,30H,14H2,1-5H3,(H,29,31). The number of amides is 1. The largest absolute Gasteiger partial charge is 0.493 e. The highest BCUT2D eigenvalue weighted by atomic mass is 16.5. The molecule has 0 radical (unpaired) electrons. The van der Waals surface area contributed by atoms with Crippen molar-refractivity contribution in [2.24, 2.45) is 0 Å². The van der Waals surface area contributed by atoms with Crippen molar-refractivity contribution in [3.05, 3.63) is 82.3 Å². The minimum Gasteiger partial charge on any atom is -0.493 e. The van der Waals surface area contributed by atoms with Crippen molar-refractivity contribution in [3.8, 4) is 11.5 Å². The Hall–Kier alpha value is -4.20. The summed E-state index contributed by atoms with van der Waals surface area (Å²) < 4.78 is 16.1. The highest BCUT2D eigenvalue weighted by molar-refractivity contribution is 6.00. The van der Waals surface area contributed by atoms with E-state index in [-0.39, 0.29) is 18.4 Å². The molecule has 0 saturated heterocycles.